The Labute approximate surface area is 255 Å². The third kappa shape index (κ3) is 5.54. The van der Waals surface area contributed by atoms with Crippen LogP contribution in [0.1, 0.15) is 28.8 Å². The second-order valence-corrected chi connectivity index (χ2v) is 11.3. The molecule has 7 rings (SSSR count). The zero-order chi connectivity index (χ0) is 30.0. The quantitative estimate of drug-likeness (QED) is 0.254. The fraction of sp³-hybridized carbons (Fsp3) is 0.324. The van der Waals surface area contributed by atoms with Crippen molar-refractivity contribution < 1.29 is 23.4 Å². The normalized spacial score (nSPS) is 19.0. The average Bonchev–Trinajstić information content (AvgIpc) is 3.87. The molecule has 5 heterocycles. The molecule has 1 amide bonds. The molecule has 2 saturated heterocycles. The molecule has 0 aliphatic carbocycles. The van der Waals surface area contributed by atoms with Crippen molar-refractivity contribution in [3.8, 4) is 34.2 Å². The van der Waals surface area contributed by atoms with Crippen LogP contribution < -0.4 is 9.47 Å². The number of furan rings is 1. The van der Waals surface area contributed by atoms with Crippen LogP contribution in [0.4, 0.5) is 0 Å². The summed E-state index contributed by atoms with van der Waals surface area (Å²) in [6.07, 6.45) is 2.86. The topological polar surface area (TPSA) is 106 Å². The summed E-state index contributed by atoms with van der Waals surface area (Å²) in [6.45, 7) is 4.48. The molecule has 2 aromatic carbocycles. The van der Waals surface area contributed by atoms with E-state index in [9.17, 15) is 4.79 Å². The third-order valence-electron chi connectivity index (χ3n) is 8.54. The van der Waals surface area contributed by atoms with Crippen molar-refractivity contribution in [1.29, 1.82) is 0 Å². The number of aromatic amines is 1. The summed E-state index contributed by atoms with van der Waals surface area (Å²) in [5.74, 6) is 3.24. The predicted octanol–water partition coefficient (Wildman–Crippen LogP) is 5.44. The van der Waals surface area contributed by atoms with E-state index in [1.807, 2.05) is 59.5 Å². The molecule has 2 fully saturated rings. The number of H-pyrrole nitrogens is 1. The van der Waals surface area contributed by atoms with E-state index in [4.69, 9.17) is 28.6 Å². The highest BCUT2D eigenvalue weighted by molar-refractivity contribution is 5.92. The van der Waals surface area contributed by atoms with Crippen LogP contribution in [0.5, 0.6) is 11.6 Å². The lowest BCUT2D eigenvalue weighted by molar-refractivity contribution is 0.0367. The first kappa shape index (κ1) is 28.1. The minimum atomic E-state index is -0.304. The highest BCUT2D eigenvalue weighted by atomic mass is 16.5. The molecule has 1 N–H and O–H groups in total. The maximum absolute atomic E-state index is 14.0. The van der Waals surface area contributed by atoms with E-state index in [0.717, 1.165) is 66.2 Å². The maximum Gasteiger partial charge on any atom is 0.290 e. The van der Waals surface area contributed by atoms with E-state index >= 15 is 0 Å². The van der Waals surface area contributed by atoms with Crippen LogP contribution in [0.3, 0.4) is 0 Å². The van der Waals surface area contributed by atoms with Crippen molar-refractivity contribution in [2.24, 2.45) is 5.92 Å². The monoisotopic (exact) mass is 593 g/mol. The molecule has 2 unspecified atom stereocenters. The Kier molecular flexibility index (Phi) is 7.76. The number of nitrogens with one attached hydrogen (secondary N) is 1. The van der Waals surface area contributed by atoms with E-state index in [-0.39, 0.29) is 11.9 Å². The number of imidazole rings is 1. The van der Waals surface area contributed by atoms with E-state index in [1.165, 1.54) is 0 Å². The van der Waals surface area contributed by atoms with Gasteiger partial charge in [0.1, 0.15) is 23.4 Å². The number of ether oxygens (including phenoxy) is 3. The first-order chi connectivity index (χ1) is 21.6. The van der Waals surface area contributed by atoms with Crippen LogP contribution in [0.2, 0.25) is 0 Å². The van der Waals surface area contributed by atoms with Crippen LogP contribution in [0.15, 0.2) is 77.3 Å². The number of para-hydroxylation sites is 1. The Morgan fingerprint density at radius 1 is 1.05 bits per heavy atom. The van der Waals surface area contributed by atoms with Crippen LogP contribution >= 0.6 is 0 Å². The molecule has 10 nitrogen and oxygen atoms in total. The number of pyridine rings is 1. The molecule has 0 saturated carbocycles. The molecule has 0 bridgehead atoms. The summed E-state index contributed by atoms with van der Waals surface area (Å²) in [4.78, 5) is 31.3. The Hall–Kier alpha value is -4.67. The molecule has 0 radical (unpaired) electrons. The largest absolute Gasteiger partial charge is 0.497 e. The molecular formula is C34H35N5O5. The van der Waals surface area contributed by atoms with Crippen LogP contribution in [-0.4, -0.2) is 84.3 Å². The first-order valence-electron chi connectivity index (χ1n) is 14.9. The number of carbonyl (C=O) groups is 1. The third-order valence-corrected chi connectivity index (χ3v) is 8.54. The SMILES string of the molecule is COc1ccc(-c2ccc(C(=O)N3CCN(CC4CCOC4)CC3c3ncc(-c4cc5ccccc5nc4OC)[nH]3)o2)cc1. The highest BCUT2D eigenvalue weighted by Crippen LogP contribution is 2.34. The number of piperazine rings is 1. The molecule has 2 atom stereocenters. The molecule has 10 heteroatoms. The molecule has 2 aliphatic heterocycles. The number of methoxy groups -OCH3 is 2. The standard InChI is InChI=1S/C34H35N5O5/c1-41-25-9-7-23(8-10-25)30-11-12-31(44-30)34(40)39-15-14-38(19-22-13-16-43-21-22)20-29(39)32-35-18-28(36-32)26-17-24-5-3-4-6-27(24)37-33(26)42-2/h3-12,17-18,22,29H,13-16,19-21H2,1-2H3,(H,35,36). The second kappa shape index (κ2) is 12.1. The van der Waals surface area contributed by atoms with Gasteiger partial charge in [-0.1, -0.05) is 18.2 Å². The number of hydrogen-bond acceptors (Lipinski definition) is 8. The molecule has 3 aromatic heterocycles. The number of hydrogen-bond donors (Lipinski definition) is 1. The van der Waals surface area contributed by atoms with E-state index in [2.05, 4.69) is 16.0 Å². The van der Waals surface area contributed by atoms with Gasteiger partial charge >= 0.3 is 0 Å². The minimum Gasteiger partial charge on any atom is -0.497 e. The second-order valence-electron chi connectivity index (χ2n) is 11.3. The number of rotatable bonds is 8. The number of nitrogens with zero attached hydrogens (tertiary/aromatic N) is 4. The van der Waals surface area contributed by atoms with Gasteiger partial charge in [-0.15, -0.1) is 0 Å². The Morgan fingerprint density at radius 3 is 2.70 bits per heavy atom. The van der Waals surface area contributed by atoms with Crippen LogP contribution in [0.25, 0.3) is 33.5 Å². The molecule has 44 heavy (non-hydrogen) atoms. The Balaban J connectivity index is 1.19. The zero-order valence-electron chi connectivity index (χ0n) is 24.9. The van der Waals surface area contributed by atoms with Crippen molar-refractivity contribution in [3.05, 3.63) is 84.5 Å². The van der Waals surface area contributed by atoms with Gasteiger partial charge in [-0.3, -0.25) is 9.69 Å². The van der Waals surface area contributed by atoms with Crippen LogP contribution in [-0.2, 0) is 4.74 Å². The summed E-state index contributed by atoms with van der Waals surface area (Å²) in [5, 5.41) is 1.00. The molecular weight excluding hydrogens is 558 g/mol. The summed E-state index contributed by atoms with van der Waals surface area (Å²) < 4.78 is 22.7. The predicted molar refractivity (Wildman–Crippen MR) is 166 cm³/mol. The summed E-state index contributed by atoms with van der Waals surface area (Å²) in [7, 11) is 3.25. The van der Waals surface area contributed by atoms with Crippen molar-refractivity contribution in [3.63, 3.8) is 0 Å². The van der Waals surface area contributed by atoms with Gasteiger partial charge in [0.05, 0.1) is 43.8 Å². The van der Waals surface area contributed by atoms with Gasteiger partial charge in [0.2, 0.25) is 5.88 Å². The minimum absolute atomic E-state index is 0.165. The first-order valence-corrected chi connectivity index (χ1v) is 14.9. The lowest BCUT2D eigenvalue weighted by Crippen LogP contribution is -2.52. The zero-order valence-corrected chi connectivity index (χ0v) is 24.9. The van der Waals surface area contributed by atoms with Crippen LogP contribution in [0, 0.1) is 5.92 Å². The van der Waals surface area contributed by atoms with Crippen molar-refractivity contribution in [2.45, 2.75) is 12.5 Å². The summed E-state index contributed by atoms with van der Waals surface area (Å²) in [5.41, 5.74) is 3.33. The number of aromatic nitrogens is 3. The lowest BCUT2D eigenvalue weighted by Gasteiger charge is -2.41. The smallest absolute Gasteiger partial charge is 0.290 e. The summed E-state index contributed by atoms with van der Waals surface area (Å²) in [6, 6.07) is 20.9. The number of benzene rings is 2. The van der Waals surface area contributed by atoms with Gasteiger partial charge < -0.3 is 28.5 Å². The van der Waals surface area contributed by atoms with Gasteiger partial charge in [0.15, 0.2) is 5.76 Å². The fourth-order valence-corrected chi connectivity index (χ4v) is 6.17. The number of amides is 1. The van der Waals surface area contributed by atoms with Gasteiger partial charge in [-0.25, -0.2) is 9.97 Å². The van der Waals surface area contributed by atoms with Gasteiger partial charge in [-0.05, 0) is 60.9 Å². The van der Waals surface area contributed by atoms with E-state index < -0.39 is 0 Å². The molecule has 2 aliphatic rings. The molecule has 226 valence electrons. The molecule has 0 spiro atoms. The lowest BCUT2D eigenvalue weighted by atomic mass is 10.1. The van der Waals surface area contributed by atoms with Crippen molar-refractivity contribution in [1.82, 2.24) is 24.8 Å². The molecule has 5 aromatic rings. The Morgan fingerprint density at radius 2 is 1.91 bits per heavy atom. The number of carbonyl (C=O) groups excluding carboxylic acids is 1. The van der Waals surface area contributed by atoms with Gasteiger partial charge in [-0.2, -0.15) is 0 Å². The van der Waals surface area contributed by atoms with Crippen molar-refractivity contribution in [2.75, 3.05) is 53.6 Å². The van der Waals surface area contributed by atoms with Crippen molar-refractivity contribution >= 4 is 16.8 Å². The van der Waals surface area contributed by atoms with Gasteiger partial charge in [0.25, 0.3) is 5.91 Å². The van der Waals surface area contributed by atoms with E-state index in [1.54, 1.807) is 26.5 Å². The maximum atomic E-state index is 14.0. The number of fused-ring (bicyclic) bond motifs is 1. The fourth-order valence-electron chi connectivity index (χ4n) is 6.17. The van der Waals surface area contributed by atoms with E-state index in [0.29, 0.717) is 42.2 Å². The Bertz CT molecular complexity index is 1760. The summed E-state index contributed by atoms with van der Waals surface area (Å²) >= 11 is 0. The highest BCUT2D eigenvalue weighted by Gasteiger charge is 2.36. The van der Waals surface area contributed by atoms with Gasteiger partial charge in [0, 0.05) is 43.7 Å². The average molecular weight is 594 g/mol.